The van der Waals surface area contributed by atoms with E-state index in [1.807, 2.05) is 0 Å². The van der Waals surface area contributed by atoms with Gasteiger partial charge in [-0.3, -0.25) is 4.90 Å². The summed E-state index contributed by atoms with van der Waals surface area (Å²) >= 11 is 0. The van der Waals surface area contributed by atoms with Gasteiger partial charge < -0.3 is 15.3 Å². The Hall–Kier alpha value is -1.10. The Balaban J connectivity index is 1.84. The number of β-amino-alcohol motifs (C(OH)–C–C–N with tert-alkyl or cyclic N) is 1. The van der Waals surface area contributed by atoms with Gasteiger partial charge in [-0.15, -0.1) is 0 Å². The first-order valence-electron chi connectivity index (χ1n) is 8.04. The van der Waals surface area contributed by atoms with Gasteiger partial charge in [0.1, 0.15) is 0 Å². The first-order valence-corrected chi connectivity index (χ1v) is 8.04. The zero-order chi connectivity index (χ0) is 15.2. The van der Waals surface area contributed by atoms with E-state index >= 15 is 0 Å². The van der Waals surface area contributed by atoms with E-state index in [4.69, 9.17) is 0 Å². The van der Waals surface area contributed by atoms with Crippen molar-refractivity contribution in [2.45, 2.75) is 26.9 Å². The quantitative estimate of drug-likeness (QED) is 0.831. The summed E-state index contributed by atoms with van der Waals surface area (Å²) in [5, 5.41) is 13.2. The smallest absolute Gasteiger partial charge is 0.0791 e. The highest BCUT2D eigenvalue weighted by atomic mass is 16.3. The number of hydrogen-bond acceptors (Lipinski definition) is 4. The van der Waals surface area contributed by atoms with E-state index in [0.717, 1.165) is 39.3 Å². The molecule has 0 radical (unpaired) electrons. The van der Waals surface area contributed by atoms with Gasteiger partial charge in [0.15, 0.2) is 0 Å². The fourth-order valence-corrected chi connectivity index (χ4v) is 2.92. The van der Waals surface area contributed by atoms with Crippen LogP contribution in [0.1, 0.15) is 18.1 Å². The fourth-order valence-electron chi connectivity index (χ4n) is 2.92. The molecule has 1 aliphatic rings. The highest BCUT2D eigenvalue weighted by Gasteiger charge is 2.20. The zero-order valence-corrected chi connectivity index (χ0v) is 13.6. The number of likely N-dealkylation sites (N-methyl/N-ethyl adjacent to an activating group) is 1. The molecule has 0 aliphatic carbocycles. The Kier molecular flexibility index (Phi) is 6.03. The Morgan fingerprint density at radius 3 is 2.57 bits per heavy atom. The van der Waals surface area contributed by atoms with Crippen LogP contribution in [-0.2, 0) is 0 Å². The Bertz CT molecular complexity index is 442. The van der Waals surface area contributed by atoms with Crippen LogP contribution >= 0.6 is 0 Å². The van der Waals surface area contributed by atoms with E-state index in [9.17, 15) is 5.11 Å². The summed E-state index contributed by atoms with van der Waals surface area (Å²) in [5.41, 5.74) is 4.11. The number of aryl methyl sites for hydroxylation is 1. The molecule has 1 saturated heterocycles. The summed E-state index contributed by atoms with van der Waals surface area (Å²) in [4.78, 5) is 4.83. The van der Waals surface area contributed by atoms with Crippen LogP contribution in [0.25, 0.3) is 0 Å². The molecule has 0 bridgehead atoms. The fraction of sp³-hybridized carbons (Fsp3) is 0.647. The van der Waals surface area contributed by atoms with Gasteiger partial charge in [0.25, 0.3) is 0 Å². The van der Waals surface area contributed by atoms with E-state index in [0.29, 0.717) is 6.54 Å². The lowest BCUT2D eigenvalue weighted by molar-refractivity contribution is 0.108. The van der Waals surface area contributed by atoms with Gasteiger partial charge >= 0.3 is 0 Å². The molecule has 118 valence electrons. The minimum atomic E-state index is -0.266. The number of benzene rings is 1. The van der Waals surface area contributed by atoms with E-state index in [1.54, 1.807) is 0 Å². The highest BCUT2D eigenvalue weighted by molar-refractivity contribution is 5.56. The molecule has 21 heavy (non-hydrogen) atoms. The van der Waals surface area contributed by atoms with Crippen molar-refractivity contribution in [1.29, 1.82) is 0 Å². The molecule has 1 fully saturated rings. The van der Waals surface area contributed by atoms with Crippen LogP contribution in [-0.4, -0.2) is 61.9 Å². The molecule has 1 unspecified atom stereocenters. The average molecular weight is 291 g/mol. The lowest BCUT2D eigenvalue weighted by Crippen LogP contribution is -2.50. The van der Waals surface area contributed by atoms with E-state index < -0.39 is 0 Å². The topological polar surface area (TPSA) is 38.7 Å². The standard InChI is InChI=1S/C17H29N3O/c1-4-18-12-16(21)13-19-8-10-20(11-9-19)17-7-5-6-14(2)15(17)3/h5-7,16,18,21H,4,8-13H2,1-3H3. The Labute approximate surface area is 128 Å². The van der Waals surface area contributed by atoms with Crippen molar-refractivity contribution >= 4 is 5.69 Å². The van der Waals surface area contributed by atoms with Crippen LogP contribution in [0.4, 0.5) is 5.69 Å². The number of aliphatic hydroxyl groups is 1. The van der Waals surface area contributed by atoms with Crippen molar-refractivity contribution in [3.8, 4) is 0 Å². The van der Waals surface area contributed by atoms with Gasteiger partial charge in [-0.05, 0) is 37.6 Å². The molecule has 0 amide bonds. The maximum absolute atomic E-state index is 9.98. The molecular formula is C17H29N3O. The molecule has 4 heteroatoms. The molecule has 0 saturated carbocycles. The van der Waals surface area contributed by atoms with Gasteiger partial charge in [-0.1, -0.05) is 19.1 Å². The SMILES string of the molecule is CCNCC(O)CN1CCN(c2cccc(C)c2C)CC1. The summed E-state index contributed by atoms with van der Waals surface area (Å²) in [5.74, 6) is 0. The second-order valence-corrected chi connectivity index (χ2v) is 5.97. The molecule has 4 nitrogen and oxygen atoms in total. The number of nitrogens with one attached hydrogen (secondary N) is 1. The monoisotopic (exact) mass is 291 g/mol. The molecule has 1 heterocycles. The number of piperazine rings is 1. The Morgan fingerprint density at radius 2 is 1.90 bits per heavy atom. The number of nitrogens with zero attached hydrogens (tertiary/aromatic N) is 2. The number of hydrogen-bond donors (Lipinski definition) is 2. The minimum Gasteiger partial charge on any atom is -0.390 e. The number of anilines is 1. The van der Waals surface area contributed by atoms with Crippen LogP contribution in [0.15, 0.2) is 18.2 Å². The van der Waals surface area contributed by atoms with E-state index in [1.165, 1.54) is 16.8 Å². The third-order valence-electron chi connectivity index (χ3n) is 4.39. The second-order valence-electron chi connectivity index (χ2n) is 5.97. The molecule has 1 atom stereocenters. The molecule has 1 aromatic rings. The lowest BCUT2D eigenvalue weighted by Gasteiger charge is -2.37. The van der Waals surface area contributed by atoms with E-state index in [2.05, 4.69) is 54.1 Å². The second kappa shape index (κ2) is 7.78. The van der Waals surface area contributed by atoms with Gasteiger partial charge in [0.05, 0.1) is 6.10 Å². The minimum absolute atomic E-state index is 0.266. The average Bonchev–Trinajstić information content (AvgIpc) is 2.49. The van der Waals surface area contributed by atoms with Crippen LogP contribution in [0.5, 0.6) is 0 Å². The maximum Gasteiger partial charge on any atom is 0.0791 e. The summed E-state index contributed by atoms with van der Waals surface area (Å²) in [7, 11) is 0. The van der Waals surface area contributed by atoms with Gasteiger partial charge in [0, 0.05) is 45.0 Å². The van der Waals surface area contributed by atoms with Crippen LogP contribution in [0.3, 0.4) is 0 Å². The van der Waals surface area contributed by atoms with Crippen molar-refractivity contribution in [3.63, 3.8) is 0 Å². The predicted molar refractivity (Wildman–Crippen MR) is 89.1 cm³/mol. The maximum atomic E-state index is 9.98. The Morgan fingerprint density at radius 1 is 1.19 bits per heavy atom. The first kappa shape index (κ1) is 16.3. The largest absolute Gasteiger partial charge is 0.390 e. The summed E-state index contributed by atoms with van der Waals surface area (Å²) in [6, 6.07) is 6.54. The van der Waals surface area contributed by atoms with Crippen molar-refractivity contribution in [2.24, 2.45) is 0 Å². The van der Waals surface area contributed by atoms with Gasteiger partial charge in [0.2, 0.25) is 0 Å². The van der Waals surface area contributed by atoms with Gasteiger partial charge in [-0.25, -0.2) is 0 Å². The molecule has 0 aromatic heterocycles. The highest BCUT2D eigenvalue weighted by Crippen LogP contribution is 2.23. The molecule has 2 N–H and O–H groups in total. The van der Waals surface area contributed by atoms with Crippen molar-refractivity contribution < 1.29 is 5.11 Å². The van der Waals surface area contributed by atoms with Crippen molar-refractivity contribution in [3.05, 3.63) is 29.3 Å². The predicted octanol–water partition coefficient (Wildman–Crippen LogP) is 1.40. The third-order valence-corrected chi connectivity index (χ3v) is 4.39. The van der Waals surface area contributed by atoms with Crippen LogP contribution < -0.4 is 10.2 Å². The van der Waals surface area contributed by atoms with E-state index in [-0.39, 0.29) is 6.10 Å². The van der Waals surface area contributed by atoms with Crippen LogP contribution in [0, 0.1) is 13.8 Å². The molecule has 2 rings (SSSR count). The third kappa shape index (κ3) is 4.43. The lowest BCUT2D eigenvalue weighted by atomic mass is 10.1. The van der Waals surface area contributed by atoms with Gasteiger partial charge in [-0.2, -0.15) is 0 Å². The van der Waals surface area contributed by atoms with Crippen molar-refractivity contribution in [1.82, 2.24) is 10.2 Å². The number of rotatable bonds is 6. The molecule has 0 spiro atoms. The van der Waals surface area contributed by atoms with Crippen LogP contribution in [0.2, 0.25) is 0 Å². The normalized spacial score (nSPS) is 18.0. The molecule has 1 aliphatic heterocycles. The summed E-state index contributed by atoms with van der Waals surface area (Å²) in [6.45, 7) is 12.9. The summed E-state index contributed by atoms with van der Waals surface area (Å²) in [6.07, 6.45) is -0.266. The molecular weight excluding hydrogens is 262 g/mol. The first-order chi connectivity index (χ1) is 10.1. The molecule has 1 aromatic carbocycles. The zero-order valence-electron chi connectivity index (χ0n) is 13.6. The summed E-state index contributed by atoms with van der Waals surface area (Å²) < 4.78 is 0. The van der Waals surface area contributed by atoms with Crippen molar-refractivity contribution in [2.75, 3.05) is 50.7 Å². The number of aliphatic hydroxyl groups excluding tert-OH is 1.